The number of thiophene rings is 1. The number of nitrogens with one attached hydrogen (secondary N) is 1. The van der Waals surface area contributed by atoms with Crippen LogP contribution in [0.15, 0.2) is 48.5 Å². The van der Waals surface area contributed by atoms with Crippen LogP contribution in [0, 0.1) is 20.8 Å². The summed E-state index contributed by atoms with van der Waals surface area (Å²) in [7, 11) is 3.24. The number of carbonyl (C=O) groups is 2. The Morgan fingerprint density at radius 2 is 1.68 bits per heavy atom. The molecule has 3 amide bonds. The van der Waals surface area contributed by atoms with Crippen molar-refractivity contribution in [2.24, 2.45) is 0 Å². The van der Waals surface area contributed by atoms with E-state index in [-0.39, 0.29) is 24.5 Å². The summed E-state index contributed by atoms with van der Waals surface area (Å²) in [5.41, 5.74) is 4.00. The average molecular weight is 578 g/mol. The summed E-state index contributed by atoms with van der Waals surface area (Å²) in [6.45, 7) is 7.21. The van der Waals surface area contributed by atoms with Crippen LogP contribution in [-0.4, -0.2) is 55.1 Å². The summed E-state index contributed by atoms with van der Waals surface area (Å²) in [5, 5.41) is 3.11. The second-order valence-electron chi connectivity index (χ2n) is 10.9. The van der Waals surface area contributed by atoms with Gasteiger partial charge in [-0.1, -0.05) is 43.0 Å². The highest BCUT2D eigenvalue weighted by Crippen LogP contribution is 2.28. The maximum Gasteiger partial charge on any atom is 0.322 e. The predicted octanol–water partition coefficient (Wildman–Crippen LogP) is 7.13. The first kappa shape index (κ1) is 30.4. The van der Waals surface area contributed by atoms with Crippen molar-refractivity contribution in [1.82, 2.24) is 9.80 Å². The number of rotatable bonds is 11. The van der Waals surface area contributed by atoms with Gasteiger partial charge in [0, 0.05) is 28.0 Å². The van der Waals surface area contributed by atoms with Gasteiger partial charge in [0.25, 0.3) is 0 Å². The maximum atomic E-state index is 14.0. The normalized spacial score (nSPS) is 13.5. The quantitative estimate of drug-likeness (QED) is 0.263. The van der Waals surface area contributed by atoms with Crippen LogP contribution in [0.5, 0.6) is 11.5 Å². The second kappa shape index (κ2) is 14.4. The molecule has 1 aliphatic carbocycles. The van der Waals surface area contributed by atoms with E-state index >= 15 is 0 Å². The molecule has 0 aliphatic heterocycles. The average Bonchev–Trinajstić information content (AvgIpc) is 3.39. The zero-order valence-corrected chi connectivity index (χ0v) is 25.8. The molecule has 0 spiro atoms. The topological polar surface area (TPSA) is 71.1 Å². The summed E-state index contributed by atoms with van der Waals surface area (Å²) in [6, 6.07) is 15.9. The molecule has 8 heteroatoms. The van der Waals surface area contributed by atoms with Crippen LogP contribution in [0.3, 0.4) is 0 Å². The zero-order valence-electron chi connectivity index (χ0n) is 25.0. The Kier molecular flexibility index (Phi) is 10.7. The minimum Gasteiger partial charge on any atom is -0.493 e. The van der Waals surface area contributed by atoms with Crippen molar-refractivity contribution < 1.29 is 19.1 Å². The van der Waals surface area contributed by atoms with Crippen LogP contribution < -0.4 is 14.8 Å². The van der Waals surface area contributed by atoms with E-state index in [1.807, 2.05) is 49.1 Å². The minimum atomic E-state index is -0.205. The lowest BCUT2D eigenvalue weighted by molar-refractivity contribution is -0.132. The molecule has 0 saturated heterocycles. The van der Waals surface area contributed by atoms with Gasteiger partial charge in [0.1, 0.15) is 6.54 Å². The Bertz CT molecular complexity index is 1330. The molecule has 7 nitrogen and oxygen atoms in total. The molecule has 4 rings (SSSR count). The molecule has 1 fully saturated rings. The highest BCUT2D eigenvalue weighted by molar-refractivity contribution is 7.11. The summed E-state index contributed by atoms with van der Waals surface area (Å²) in [5.74, 6) is 1.30. The predicted molar refractivity (Wildman–Crippen MR) is 166 cm³/mol. The summed E-state index contributed by atoms with van der Waals surface area (Å²) in [6.07, 6.45) is 5.82. The van der Waals surface area contributed by atoms with E-state index in [0.717, 1.165) is 52.9 Å². The van der Waals surface area contributed by atoms with E-state index < -0.39 is 0 Å². The maximum absolute atomic E-state index is 14.0. The Morgan fingerprint density at radius 1 is 0.927 bits per heavy atom. The Labute approximate surface area is 248 Å². The van der Waals surface area contributed by atoms with Crippen molar-refractivity contribution in [2.75, 3.05) is 32.6 Å². The molecule has 0 atom stereocenters. The molecule has 2 aromatic carbocycles. The van der Waals surface area contributed by atoms with Crippen LogP contribution in [0.2, 0.25) is 0 Å². The minimum absolute atomic E-state index is 0.0436. The second-order valence-corrected chi connectivity index (χ2v) is 12.3. The van der Waals surface area contributed by atoms with Crippen LogP contribution in [0.1, 0.15) is 58.5 Å². The van der Waals surface area contributed by atoms with Crippen LogP contribution in [0.25, 0.3) is 0 Å². The third-order valence-corrected chi connectivity index (χ3v) is 8.80. The Balaban J connectivity index is 1.54. The van der Waals surface area contributed by atoms with Gasteiger partial charge in [-0.15, -0.1) is 11.3 Å². The monoisotopic (exact) mass is 577 g/mol. The molecule has 1 heterocycles. The highest BCUT2D eigenvalue weighted by atomic mass is 32.1. The first-order valence-corrected chi connectivity index (χ1v) is 15.3. The van der Waals surface area contributed by atoms with Crippen molar-refractivity contribution in [3.63, 3.8) is 0 Å². The number of carbonyl (C=O) groups excluding carboxylic acids is 2. The van der Waals surface area contributed by atoms with E-state index in [2.05, 4.69) is 30.4 Å². The lowest BCUT2D eigenvalue weighted by Crippen LogP contribution is -2.50. The lowest BCUT2D eigenvalue weighted by atomic mass is 9.94. The van der Waals surface area contributed by atoms with Crippen molar-refractivity contribution >= 4 is 29.0 Å². The fraction of sp³-hybridized carbons (Fsp3) is 0.455. The van der Waals surface area contributed by atoms with Gasteiger partial charge < -0.3 is 24.6 Å². The van der Waals surface area contributed by atoms with Gasteiger partial charge in [-0.05, 0) is 81.5 Å². The number of ether oxygens (including phenoxy) is 2. The van der Waals surface area contributed by atoms with E-state index in [1.54, 1.807) is 30.5 Å². The fourth-order valence-corrected chi connectivity index (χ4v) is 6.40. The smallest absolute Gasteiger partial charge is 0.322 e. The van der Waals surface area contributed by atoms with Crippen molar-refractivity contribution in [2.45, 2.75) is 71.9 Å². The highest BCUT2D eigenvalue weighted by Gasteiger charge is 2.29. The van der Waals surface area contributed by atoms with Crippen LogP contribution >= 0.6 is 11.3 Å². The molecule has 1 aromatic heterocycles. The van der Waals surface area contributed by atoms with E-state index in [1.165, 1.54) is 11.3 Å². The van der Waals surface area contributed by atoms with E-state index in [4.69, 9.17) is 9.47 Å². The molecule has 0 unspecified atom stereocenters. The molecular formula is C33H43N3O4S. The van der Waals surface area contributed by atoms with Crippen molar-refractivity contribution in [3.05, 3.63) is 75.0 Å². The SMILES string of the molecule is COc1ccc(CCN(Cc2ccc(C)s2)C(=O)CN(C(=O)Nc2ccc(C)cc2C)C2CCCCC2)cc1OC. The summed E-state index contributed by atoms with van der Waals surface area (Å²) < 4.78 is 10.9. The molecule has 1 aliphatic rings. The van der Waals surface area contributed by atoms with Gasteiger partial charge in [-0.2, -0.15) is 0 Å². The van der Waals surface area contributed by atoms with E-state index in [0.29, 0.717) is 31.0 Å². The molecule has 1 saturated carbocycles. The van der Waals surface area contributed by atoms with E-state index in [9.17, 15) is 9.59 Å². The van der Waals surface area contributed by atoms with Gasteiger partial charge in [0.15, 0.2) is 11.5 Å². The first-order valence-electron chi connectivity index (χ1n) is 14.5. The van der Waals surface area contributed by atoms with Gasteiger partial charge in [-0.25, -0.2) is 4.79 Å². The van der Waals surface area contributed by atoms with Gasteiger partial charge in [-0.3, -0.25) is 4.79 Å². The molecule has 1 N–H and O–H groups in total. The lowest BCUT2D eigenvalue weighted by Gasteiger charge is -2.35. The molecule has 3 aromatic rings. The molecule has 0 radical (unpaired) electrons. The summed E-state index contributed by atoms with van der Waals surface area (Å²) in [4.78, 5) is 33.7. The molecular weight excluding hydrogens is 534 g/mol. The van der Waals surface area contributed by atoms with Gasteiger partial charge >= 0.3 is 6.03 Å². The molecule has 0 bridgehead atoms. The molecule has 220 valence electrons. The number of nitrogens with zero attached hydrogens (tertiary/aromatic N) is 2. The van der Waals surface area contributed by atoms with Crippen LogP contribution in [-0.2, 0) is 17.8 Å². The number of aryl methyl sites for hydroxylation is 3. The zero-order chi connectivity index (χ0) is 29.4. The largest absolute Gasteiger partial charge is 0.493 e. The number of methoxy groups -OCH3 is 2. The van der Waals surface area contributed by atoms with Crippen molar-refractivity contribution in [3.8, 4) is 11.5 Å². The molecule has 41 heavy (non-hydrogen) atoms. The first-order chi connectivity index (χ1) is 19.8. The van der Waals surface area contributed by atoms with Crippen molar-refractivity contribution in [1.29, 1.82) is 0 Å². The Hall–Kier alpha value is -3.52. The standard InChI is InChI=1S/C33H43N3O4S/c1-23-11-15-29(24(2)19-23)34-33(38)36(27-9-7-6-8-10-27)22-32(37)35(21-28-14-12-25(3)41-28)18-17-26-13-16-30(39-4)31(20-26)40-5/h11-16,19-20,27H,6-10,17-18,21-22H2,1-5H3,(H,34,38). The third-order valence-electron chi connectivity index (χ3n) is 7.82. The van der Waals surface area contributed by atoms with Crippen LogP contribution in [0.4, 0.5) is 10.5 Å². The number of hydrogen-bond donors (Lipinski definition) is 1. The number of benzene rings is 2. The number of urea groups is 1. The van der Waals surface area contributed by atoms with Gasteiger partial charge in [0.2, 0.25) is 5.91 Å². The Morgan fingerprint density at radius 3 is 2.34 bits per heavy atom. The fourth-order valence-electron chi connectivity index (χ4n) is 5.50. The third kappa shape index (κ3) is 8.26. The number of hydrogen-bond acceptors (Lipinski definition) is 5. The summed E-state index contributed by atoms with van der Waals surface area (Å²) >= 11 is 1.70. The number of amides is 3. The number of anilines is 1. The van der Waals surface area contributed by atoms with Gasteiger partial charge in [0.05, 0.1) is 20.8 Å².